The summed E-state index contributed by atoms with van der Waals surface area (Å²) in [7, 11) is 1.34. The molecule has 0 bridgehead atoms. The minimum Gasteiger partial charge on any atom is -0.466 e. The number of methoxy groups -OCH3 is 1. The van der Waals surface area contributed by atoms with Crippen LogP contribution in [0.3, 0.4) is 0 Å². The third-order valence-electron chi connectivity index (χ3n) is 5.23. The summed E-state index contributed by atoms with van der Waals surface area (Å²) >= 11 is 0. The Hall–Kier alpha value is -1.39. The van der Waals surface area contributed by atoms with Crippen molar-refractivity contribution in [3.05, 3.63) is 35.5 Å². The molecule has 3 atom stereocenters. The van der Waals surface area contributed by atoms with E-state index in [1.165, 1.54) is 18.3 Å². The van der Waals surface area contributed by atoms with Gasteiger partial charge in [0.15, 0.2) is 0 Å². The van der Waals surface area contributed by atoms with Gasteiger partial charge in [0.2, 0.25) is 0 Å². The molecule has 25 heavy (non-hydrogen) atoms. The monoisotopic (exact) mass is 350 g/mol. The number of hydrogen-bond donors (Lipinski definition) is 2. The van der Waals surface area contributed by atoms with Crippen LogP contribution in [0.25, 0.3) is 0 Å². The lowest BCUT2D eigenvalue weighted by atomic mass is 9.81. The van der Waals surface area contributed by atoms with E-state index in [0.717, 1.165) is 25.7 Å². The number of hydrogen-bond acceptors (Lipinski definition) is 4. The molecule has 0 radical (unpaired) electrons. The number of esters is 1. The van der Waals surface area contributed by atoms with Crippen LogP contribution in [0.15, 0.2) is 35.5 Å². The molecule has 0 saturated heterocycles. The molecule has 0 aromatic heterocycles. The van der Waals surface area contributed by atoms with Crippen LogP contribution in [0.2, 0.25) is 0 Å². The molecule has 1 aliphatic rings. The molecule has 0 aliphatic heterocycles. The van der Waals surface area contributed by atoms with Crippen molar-refractivity contribution in [3.63, 3.8) is 0 Å². The molecule has 1 rings (SSSR count). The highest BCUT2D eigenvalue weighted by Crippen LogP contribution is 2.30. The topological polar surface area (TPSA) is 66.8 Å². The average molecular weight is 350 g/mol. The minimum absolute atomic E-state index is 0.211. The molecule has 0 spiro atoms. The van der Waals surface area contributed by atoms with Gasteiger partial charge >= 0.3 is 5.97 Å². The second kappa shape index (κ2) is 9.93. The van der Waals surface area contributed by atoms with Gasteiger partial charge in [0.1, 0.15) is 0 Å². The van der Waals surface area contributed by atoms with Crippen LogP contribution in [-0.4, -0.2) is 35.0 Å². The Morgan fingerprint density at radius 2 is 1.84 bits per heavy atom. The molecule has 0 saturated carbocycles. The SMILES string of the molecule is C=C(C(=O)OC)[C@H]1CC/C(C)=C/CC/C(C)=C/CC[C@](C)(O)[C@H](O)C1. The number of carbonyl (C=O) groups excluding carboxylic acids is 1. The zero-order valence-electron chi connectivity index (χ0n) is 16.2. The summed E-state index contributed by atoms with van der Waals surface area (Å²) in [5, 5.41) is 21.2. The van der Waals surface area contributed by atoms with E-state index in [0.29, 0.717) is 24.8 Å². The highest BCUT2D eigenvalue weighted by molar-refractivity contribution is 5.88. The first-order valence-electron chi connectivity index (χ1n) is 9.16. The van der Waals surface area contributed by atoms with E-state index in [1.807, 2.05) is 0 Å². The molecular formula is C21H34O4. The third kappa shape index (κ3) is 7.17. The zero-order valence-corrected chi connectivity index (χ0v) is 16.2. The van der Waals surface area contributed by atoms with Crippen LogP contribution < -0.4 is 0 Å². The summed E-state index contributed by atoms with van der Waals surface area (Å²) < 4.78 is 4.80. The van der Waals surface area contributed by atoms with Crippen molar-refractivity contribution in [2.24, 2.45) is 5.92 Å². The maximum atomic E-state index is 11.9. The highest BCUT2D eigenvalue weighted by atomic mass is 16.5. The molecule has 142 valence electrons. The third-order valence-corrected chi connectivity index (χ3v) is 5.23. The summed E-state index contributed by atoms with van der Waals surface area (Å²) in [5.41, 5.74) is 1.76. The molecule has 0 fully saturated rings. The van der Waals surface area contributed by atoms with Crippen LogP contribution in [0, 0.1) is 5.92 Å². The first-order chi connectivity index (χ1) is 11.7. The van der Waals surface area contributed by atoms with Crippen LogP contribution in [0.1, 0.15) is 65.7 Å². The summed E-state index contributed by atoms with van der Waals surface area (Å²) in [5.74, 6) is -0.657. The standard InChI is InChI=1S/C21H34O4/c1-15-8-6-9-16(2)11-12-18(17(3)20(23)25-5)14-19(22)21(4,24)13-7-10-15/h9-10,18-19,22,24H,3,6-8,11-14H2,1-2,4-5H3/b15-10+,16-9+/t18-,19+,21-/m0/s1. The van der Waals surface area contributed by atoms with Gasteiger partial charge in [-0.2, -0.15) is 0 Å². The second-order valence-corrected chi connectivity index (χ2v) is 7.54. The number of allylic oxidation sites excluding steroid dienone is 4. The fraction of sp³-hybridized carbons (Fsp3) is 0.667. The molecule has 0 aromatic rings. The van der Waals surface area contributed by atoms with Gasteiger partial charge < -0.3 is 14.9 Å². The fourth-order valence-corrected chi connectivity index (χ4v) is 3.19. The van der Waals surface area contributed by atoms with E-state index in [-0.39, 0.29) is 5.92 Å². The normalized spacial score (nSPS) is 34.0. The minimum atomic E-state index is -1.19. The number of rotatable bonds is 2. The smallest absolute Gasteiger partial charge is 0.333 e. The summed E-state index contributed by atoms with van der Waals surface area (Å²) in [4.78, 5) is 11.9. The van der Waals surface area contributed by atoms with E-state index in [4.69, 9.17) is 4.74 Å². The quantitative estimate of drug-likeness (QED) is 0.447. The Kier molecular flexibility index (Phi) is 8.60. The van der Waals surface area contributed by atoms with Crippen molar-refractivity contribution in [2.75, 3.05) is 7.11 Å². The van der Waals surface area contributed by atoms with Gasteiger partial charge in [-0.05, 0) is 71.6 Å². The maximum absolute atomic E-state index is 11.9. The molecule has 0 heterocycles. The van der Waals surface area contributed by atoms with Gasteiger partial charge in [-0.25, -0.2) is 4.79 Å². The van der Waals surface area contributed by atoms with Gasteiger partial charge in [0.25, 0.3) is 0 Å². The van der Waals surface area contributed by atoms with E-state index < -0.39 is 17.7 Å². The van der Waals surface area contributed by atoms with Crippen molar-refractivity contribution in [2.45, 2.75) is 77.4 Å². The zero-order chi connectivity index (χ0) is 19.0. The van der Waals surface area contributed by atoms with Crippen molar-refractivity contribution in [1.29, 1.82) is 0 Å². The lowest BCUT2D eigenvalue weighted by Gasteiger charge is -2.32. The lowest BCUT2D eigenvalue weighted by molar-refractivity contribution is -0.137. The van der Waals surface area contributed by atoms with Crippen molar-refractivity contribution < 1.29 is 19.7 Å². The molecule has 2 N–H and O–H groups in total. The van der Waals surface area contributed by atoms with E-state index in [2.05, 4.69) is 32.6 Å². The Labute approximate surface area is 152 Å². The van der Waals surface area contributed by atoms with Gasteiger partial charge in [-0.3, -0.25) is 0 Å². The van der Waals surface area contributed by atoms with Crippen LogP contribution >= 0.6 is 0 Å². The second-order valence-electron chi connectivity index (χ2n) is 7.54. The van der Waals surface area contributed by atoms with E-state index >= 15 is 0 Å². The lowest BCUT2D eigenvalue weighted by Crippen LogP contribution is -2.41. The maximum Gasteiger partial charge on any atom is 0.333 e. The molecule has 4 heteroatoms. The molecule has 1 aliphatic carbocycles. The summed E-state index contributed by atoms with van der Waals surface area (Å²) in [6.45, 7) is 9.73. The largest absolute Gasteiger partial charge is 0.466 e. The molecule has 0 amide bonds. The molecular weight excluding hydrogens is 316 g/mol. The predicted octanol–water partition coefficient (Wildman–Crippen LogP) is 4.08. The number of carbonyl (C=O) groups is 1. The van der Waals surface area contributed by atoms with Gasteiger partial charge in [0, 0.05) is 5.57 Å². The first kappa shape index (κ1) is 21.7. The van der Waals surface area contributed by atoms with Crippen LogP contribution in [0.5, 0.6) is 0 Å². The van der Waals surface area contributed by atoms with E-state index in [1.54, 1.807) is 6.92 Å². The summed E-state index contributed by atoms with van der Waals surface area (Å²) in [6.07, 6.45) is 8.51. The van der Waals surface area contributed by atoms with Gasteiger partial charge in [0.05, 0.1) is 18.8 Å². The predicted molar refractivity (Wildman–Crippen MR) is 101 cm³/mol. The Morgan fingerprint density at radius 1 is 1.24 bits per heavy atom. The highest BCUT2D eigenvalue weighted by Gasteiger charge is 2.33. The van der Waals surface area contributed by atoms with Crippen molar-refractivity contribution >= 4 is 5.97 Å². The van der Waals surface area contributed by atoms with Gasteiger partial charge in [-0.1, -0.05) is 29.9 Å². The van der Waals surface area contributed by atoms with Crippen LogP contribution in [0.4, 0.5) is 0 Å². The molecule has 4 nitrogen and oxygen atoms in total. The molecule has 0 aromatic carbocycles. The number of aliphatic hydroxyl groups is 2. The van der Waals surface area contributed by atoms with Gasteiger partial charge in [-0.15, -0.1) is 0 Å². The fourth-order valence-electron chi connectivity index (χ4n) is 3.19. The first-order valence-corrected chi connectivity index (χ1v) is 9.16. The summed E-state index contributed by atoms with van der Waals surface area (Å²) in [6, 6.07) is 0. The Balaban J connectivity index is 3.00. The van der Waals surface area contributed by atoms with Crippen molar-refractivity contribution in [1.82, 2.24) is 0 Å². The van der Waals surface area contributed by atoms with E-state index in [9.17, 15) is 15.0 Å². The average Bonchev–Trinajstić information content (AvgIpc) is 2.55. The van der Waals surface area contributed by atoms with Crippen molar-refractivity contribution in [3.8, 4) is 0 Å². The molecule has 0 unspecified atom stereocenters. The van der Waals surface area contributed by atoms with Crippen LogP contribution in [-0.2, 0) is 9.53 Å². The Morgan fingerprint density at radius 3 is 2.48 bits per heavy atom. The number of ether oxygens (including phenoxy) is 1. The Bertz CT molecular complexity index is 528. The number of aliphatic hydroxyl groups excluding tert-OH is 1.